The summed E-state index contributed by atoms with van der Waals surface area (Å²) in [6, 6.07) is 0. The molecule has 6 atom stereocenters. The molecule has 83 heavy (non-hydrogen) atoms. The Morgan fingerprint density at radius 2 is 0.759 bits per heavy atom. The fourth-order valence-corrected chi connectivity index (χ4v) is 10.1. The minimum absolute atomic E-state index is 0.0536. The van der Waals surface area contributed by atoms with Gasteiger partial charge in [-0.05, 0) is 109 Å². The van der Waals surface area contributed by atoms with E-state index in [0.29, 0.717) is 19.3 Å². The van der Waals surface area contributed by atoms with Crippen LogP contribution in [0.25, 0.3) is 0 Å². The third-order valence-electron chi connectivity index (χ3n) is 15.2. The van der Waals surface area contributed by atoms with Crippen LogP contribution in [0, 0.1) is 0 Å². The van der Waals surface area contributed by atoms with Gasteiger partial charge in [0, 0.05) is 19.3 Å². The summed E-state index contributed by atoms with van der Waals surface area (Å²) in [5.41, 5.74) is 0. The van der Waals surface area contributed by atoms with Crippen LogP contribution < -0.4 is 0 Å². The van der Waals surface area contributed by atoms with Crippen molar-refractivity contribution in [3.63, 3.8) is 0 Å². The number of aliphatic carboxylic acids is 1. The van der Waals surface area contributed by atoms with Crippen LogP contribution in [0.3, 0.4) is 0 Å². The maximum atomic E-state index is 13.2. The Morgan fingerprint density at radius 1 is 0.410 bits per heavy atom. The van der Waals surface area contributed by atoms with E-state index in [2.05, 4.69) is 93.7 Å². The Labute approximate surface area is 506 Å². The Bertz CT molecular complexity index is 1720. The highest BCUT2D eigenvalue weighted by Crippen LogP contribution is 2.27. The zero-order chi connectivity index (χ0) is 60.3. The van der Waals surface area contributed by atoms with E-state index in [1.54, 1.807) is 0 Å². The standard InChI is InChI=1S/C71H122O12/c1-4-7-10-13-16-19-22-25-28-31-32-35-38-41-44-47-50-53-56-59-65(74)82-69-67(76)66(75)68(70(77)78)83-71(69)80-61-62(81-64(73)58-55-52-49-46-43-40-37-34-30-27-24-21-18-15-12-9-6-3)60-79-63(72)57-54-51-48-45-42-39-36-33-29-26-23-20-17-14-11-8-5-2/h8,11,16-17,19-20,25-30,62,66-69,71,75-76H,4-7,9-10,12-15,18,21-24,31-61H2,1-3H3,(H,77,78)/b11-8-,19-16-,20-17-,28-25-,29-26-,30-27-. The topological polar surface area (TPSA) is 175 Å². The predicted molar refractivity (Wildman–Crippen MR) is 340 cm³/mol. The molecule has 12 heteroatoms. The van der Waals surface area contributed by atoms with Crippen molar-refractivity contribution in [2.75, 3.05) is 13.2 Å². The molecule has 1 aliphatic rings. The summed E-state index contributed by atoms with van der Waals surface area (Å²) in [5.74, 6) is -3.12. The lowest BCUT2D eigenvalue weighted by molar-refractivity contribution is -0.301. The Kier molecular flexibility index (Phi) is 54.4. The molecular formula is C71H122O12. The van der Waals surface area contributed by atoms with Gasteiger partial charge < -0.3 is 39.0 Å². The molecule has 0 aliphatic carbocycles. The van der Waals surface area contributed by atoms with Gasteiger partial charge in [0.25, 0.3) is 0 Å². The monoisotopic (exact) mass is 1170 g/mol. The molecule has 0 aromatic rings. The molecule has 1 rings (SSSR count). The average Bonchev–Trinajstić information content (AvgIpc) is 3.58. The third kappa shape index (κ3) is 48.0. The van der Waals surface area contributed by atoms with Crippen LogP contribution in [0.4, 0.5) is 0 Å². The molecule has 0 saturated carbocycles. The van der Waals surface area contributed by atoms with E-state index in [1.165, 1.54) is 116 Å². The van der Waals surface area contributed by atoms with Crippen molar-refractivity contribution in [2.45, 2.75) is 340 Å². The number of carbonyl (C=O) groups is 4. The minimum Gasteiger partial charge on any atom is -0.479 e. The van der Waals surface area contributed by atoms with Crippen molar-refractivity contribution in [1.29, 1.82) is 0 Å². The number of carboxylic acid groups (broad SMARTS) is 1. The maximum Gasteiger partial charge on any atom is 0.335 e. The summed E-state index contributed by atoms with van der Waals surface area (Å²) in [6.07, 6.45) is 62.8. The maximum absolute atomic E-state index is 13.2. The van der Waals surface area contributed by atoms with Gasteiger partial charge in [0.05, 0.1) is 6.61 Å². The van der Waals surface area contributed by atoms with Gasteiger partial charge in [-0.3, -0.25) is 14.4 Å². The third-order valence-corrected chi connectivity index (χ3v) is 15.2. The number of allylic oxidation sites excluding steroid dienone is 12. The second kappa shape index (κ2) is 58.5. The molecule has 1 saturated heterocycles. The van der Waals surface area contributed by atoms with Crippen LogP contribution in [0.5, 0.6) is 0 Å². The first kappa shape index (κ1) is 77.2. The zero-order valence-electron chi connectivity index (χ0n) is 52.9. The number of carboxylic acids is 1. The van der Waals surface area contributed by atoms with Gasteiger partial charge in [-0.2, -0.15) is 0 Å². The lowest BCUT2D eigenvalue weighted by Gasteiger charge is -2.40. The summed E-state index contributed by atoms with van der Waals surface area (Å²) in [5, 5.41) is 31.6. The highest BCUT2D eigenvalue weighted by molar-refractivity contribution is 5.74. The van der Waals surface area contributed by atoms with Crippen molar-refractivity contribution in [3.05, 3.63) is 72.9 Å². The normalized spacial score (nSPS) is 18.0. The smallest absolute Gasteiger partial charge is 0.335 e. The number of aliphatic hydroxyl groups is 2. The van der Waals surface area contributed by atoms with Crippen molar-refractivity contribution in [1.82, 2.24) is 0 Å². The first-order chi connectivity index (χ1) is 40.6. The molecule has 478 valence electrons. The quantitative estimate of drug-likeness (QED) is 0.0228. The predicted octanol–water partition coefficient (Wildman–Crippen LogP) is 18.5. The van der Waals surface area contributed by atoms with Crippen molar-refractivity contribution in [2.24, 2.45) is 0 Å². The highest BCUT2D eigenvalue weighted by atomic mass is 16.7. The molecule has 1 heterocycles. The van der Waals surface area contributed by atoms with E-state index in [1.807, 2.05) is 0 Å². The molecule has 0 radical (unpaired) electrons. The number of rotatable bonds is 58. The molecule has 3 N–H and O–H groups in total. The van der Waals surface area contributed by atoms with E-state index < -0.39 is 67.3 Å². The number of carbonyl (C=O) groups excluding carboxylic acids is 3. The van der Waals surface area contributed by atoms with E-state index in [-0.39, 0.29) is 25.9 Å². The number of esters is 3. The molecular weight excluding hydrogens is 1040 g/mol. The molecule has 1 fully saturated rings. The molecule has 0 aromatic heterocycles. The average molecular weight is 1170 g/mol. The number of aliphatic hydroxyl groups excluding tert-OH is 2. The lowest BCUT2D eigenvalue weighted by atomic mass is 9.98. The van der Waals surface area contributed by atoms with Crippen LogP contribution >= 0.6 is 0 Å². The fourth-order valence-electron chi connectivity index (χ4n) is 10.1. The highest BCUT2D eigenvalue weighted by Gasteiger charge is 2.50. The van der Waals surface area contributed by atoms with Crippen molar-refractivity contribution in [3.8, 4) is 0 Å². The number of unbranched alkanes of at least 4 members (excludes halogenated alkanes) is 32. The molecule has 0 bridgehead atoms. The van der Waals surface area contributed by atoms with Crippen LogP contribution in [0.15, 0.2) is 72.9 Å². The first-order valence-corrected chi connectivity index (χ1v) is 33.9. The van der Waals surface area contributed by atoms with Crippen LogP contribution in [-0.4, -0.2) is 89.2 Å². The zero-order valence-corrected chi connectivity index (χ0v) is 52.9. The van der Waals surface area contributed by atoms with Gasteiger partial charge >= 0.3 is 23.9 Å². The van der Waals surface area contributed by atoms with Crippen LogP contribution in [0.1, 0.15) is 303 Å². The van der Waals surface area contributed by atoms with Gasteiger partial charge in [0.2, 0.25) is 0 Å². The van der Waals surface area contributed by atoms with Crippen molar-refractivity contribution < 1.29 is 58.2 Å². The second-order valence-electron chi connectivity index (χ2n) is 23.1. The van der Waals surface area contributed by atoms with Gasteiger partial charge in [0.15, 0.2) is 24.6 Å². The lowest BCUT2D eigenvalue weighted by Crippen LogP contribution is -2.61. The SMILES string of the molecule is CC/C=C\C/C=C\C/C=C\CCCCCCCCCC(=O)OCC(COC1OC(C(=O)O)C(O)C(O)C1OC(=O)CCCCCCCCCCC/C=C\C/C=C\CCCCC)OC(=O)CCCCCCCCC/C=C\CCCCCCCC. The number of hydrogen-bond acceptors (Lipinski definition) is 11. The van der Waals surface area contributed by atoms with E-state index in [4.69, 9.17) is 23.7 Å². The number of hydrogen-bond donors (Lipinski definition) is 3. The van der Waals surface area contributed by atoms with E-state index in [0.717, 1.165) is 128 Å². The first-order valence-electron chi connectivity index (χ1n) is 33.9. The summed E-state index contributed by atoms with van der Waals surface area (Å²) < 4.78 is 28.6. The molecule has 0 spiro atoms. The van der Waals surface area contributed by atoms with E-state index in [9.17, 15) is 34.5 Å². The number of ether oxygens (including phenoxy) is 5. The molecule has 0 aromatic carbocycles. The Hall–Kier alpha value is -3.84. The molecule has 12 nitrogen and oxygen atoms in total. The second-order valence-corrected chi connectivity index (χ2v) is 23.1. The van der Waals surface area contributed by atoms with Crippen LogP contribution in [-0.2, 0) is 42.9 Å². The van der Waals surface area contributed by atoms with Crippen LogP contribution in [0.2, 0.25) is 0 Å². The largest absolute Gasteiger partial charge is 0.479 e. The Balaban J connectivity index is 2.65. The van der Waals surface area contributed by atoms with Gasteiger partial charge in [0.1, 0.15) is 18.8 Å². The summed E-state index contributed by atoms with van der Waals surface area (Å²) in [7, 11) is 0. The summed E-state index contributed by atoms with van der Waals surface area (Å²) in [6.45, 7) is 5.88. The minimum atomic E-state index is -1.91. The van der Waals surface area contributed by atoms with Gasteiger partial charge in [-0.1, -0.05) is 248 Å². The Morgan fingerprint density at radius 3 is 1.19 bits per heavy atom. The summed E-state index contributed by atoms with van der Waals surface area (Å²) in [4.78, 5) is 51.4. The molecule has 6 unspecified atom stereocenters. The molecule has 0 amide bonds. The fraction of sp³-hybridized carbons (Fsp3) is 0.775. The van der Waals surface area contributed by atoms with Gasteiger partial charge in [-0.15, -0.1) is 0 Å². The van der Waals surface area contributed by atoms with Gasteiger partial charge in [-0.25, -0.2) is 4.79 Å². The molecule has 1 aliphatic heterocycles. The van der Waals surface area contributed by atoms with Crippen molar-refractivity contribution >= 4 is 23.9 Å². The summed E-state index contributed by atoms with van der Waals surface area (Å²) >= 11 is 0. The van der Waals surface area contributed by atoms with E-state index >= 15 is 0 Å².